The first-order valence-electron chi connectivity index (χ1n) is 10.9. The Bertz CT molecular complexity index is 1460. The highest BCUT2D eigenvalue weighted by atomic mass is 16.5. The normalized spacial score (nSPS) is 10.9. The molecule has 0 spiro atoms. The van der Waals surface area contributed by atoms with Gasteiger partial charge >= 0.3 is 5.63 Å². The van der Waals surface area contributed by atoms with Crippen LogP contribution in [-0.4, -0.2) is 33.5 Å². The minimum atomic E-state index is -0.792. The summed E-state index contributed by atoms with van der Waals surface area (Å²) in [5.74, 6) is 1.53. The van der Waals surface area contributed by atoms with Crippen molar-refractivity contribution in [3.8, 4) is 23.0 Å². The molecule has 0 saturated heterocycles. The Kier molecular flexibility index (Phi) is 7.50. The van der Waals surface area contributed by atoms with Gasteiger partial charge in [-0.2, -0.15) is 5.10 Å². The third kappa shape index (κ3) is 5.47. The van der Waals surface area contributed by atoms with Crippen LogP contribution < -0.4 is 30.0 Å². The summed E-state index contributed by atoms with van der Waals surface area (Å²) in [6, 6.07) is 19.3. The second-order valence-electron chi connectivity index (χ2n) is 7.57. The summed E-state index contributed by atoms with van der Waals surface area (Å²) in [4.78, 5) is 24.8. The van der Waals surface area contributed by atoms with E-state index in [-0.39, 0.29) is 11.1 Å². The zero-order valence-corrected chi connectivity index (χ0v) is 19.9. The van der Waals surface area contributed by atoms with Crippen molar-refractivity contribution in [2.24, 2.45) is 5.10 Å². The highest BCUT2D eigenvalue weighted by Crippen LogP contribution is 2.29. The molecule has 0 aliphatic carbocycles. The Morgan fingerprint density at radius 3 is 2.42 bits per heavy atom. The predicted molar refractivity (Wildman–Crippen MR) is 134 cm³/mol. The van der Waals surface area contributed by atoms with Gasteiger partial charge in [0.25, 0.3) is 5.91 Å². The molecule has 9 heteroatoms. The Hall–Kier alpha value is -4.79. The van der Waals surface area contributed by atoms with Gasteiger partial charge in [0, 0.05) is 5.39 Å². The molecule has 0 bridgehead atoms. The monoisotopic (exact) mass is 488 g/mol. The van der Waals surface area contributed by atoms with Crippen LogP contribution in [0.5, 0.6) is 23.0 Å². The number of ether oxygens (including phenoxy) is 4. The number of carbonyl (C=O) groups excluding carboxylic acids is 1. The number of hydrogen-bond acceptors (Lipinski definition) is 8. The van der Waals surface area contributed by atoms with E-state index in [4.69, 9.17) is 23.4 Å². The first kappa shape index (κ1) is 24.3. The third-order valence-corrected chi connectivity index (χ3v) is 5.31. The number of carbonyl (C=O) groups is 1. The second kappa shape index (κ2) is 11.1. The summed E-state index contributed by atoms with van der Waals surface area (Å²) in [5, 5.41) is 4.50. The quantitative estimate of drug-likeness (QED) is 0.214. The average Bonchev–Trinajstić information content (AvgIpc) is 2.91. The van der Waals surface area contributed by atoms with E-state index in [9.17, 15) is 9.59 Å². The van der Waals surface area contributed by atoms with Crippen LogP contribution in [0.25, 0.3) is 11.0 Å². The molecule has 1 heterocycles. The number of nitrogens with zero attached hydrogens (tertiary/aromatic N) is 1. The van der Waals surface area contributed by atoms with Gasteiger partial charge in [-0.1, -0.05) is 24.3 Å². The van der Waals surface area contributed by atoms with Crippen LogP contribution in [0, 0.1) is 0 Å². The topological polar surface area (TPSA) is 109 Å². The highest BCUT2D eigenvalue weighted by Gasteiger charge is 2.15. The van der Waals surface area contributed by atoms with Crippen molar-refractivity contribution in [2.75, 3.05) is 21.3 Å². The maximum atomic E-state index is 12.5. The molecule has 0 radical (unpaired) electrons. The largest absolute Gasteiger partial charge is 0.497 e. The molecule has 184 valence electrons. The molecule has 36 heavy (non-hydrogen) atoms. The fourth-order valence-electron chi connectivity index (χ4n) is 3.43. The van der Waals surface area contributed by atoms with Gasteiger partial charge in [-0.3, -0.25) is 4.79 Å². The van der Waals surface area contributed by atoms with Gasteiger partial charge in [-0.05, 0) is 53.6 Å². The van der Waals surface area contributed by atoms with E-state index in [0.717, 1.165) is 11.3 Å². The van der Waals surface area contributed by atoms with Gasteiger partial charge < -0.3 is 23.4 Å². The van der Waals surface area contributed by atoms with Crippen molar-refractivity contribution < 1.29 is 28.2 Å². The average molecular weight is 488 g/mol. The minimum absolute atomic E-state index is 0.173. The fraction of sp³-hybridized carbons (Fsp3) is 0.148. The van der Waals surface area contributed by atoms with Crippen molar-refractivity contribution in [3.05, 3.63) is 93.8 Å². The molecule has 1 aromatic heterocycles. The van der Waals surface area contributed by atoms with Crippen molar-refractivity contribution in [2.45, 2.75) is 6.61 Å². The molecule has 0 fully saturated rings. The lowest BCUT2D eigenvalue weighted by Crippen LogP contribution is -2.24. The number of rotatable bonds is 9. The van der Waals surface area contributed by atoms with Crippen LogP contribution in [0.2, 0.25) is 0 Å². The zero-order valence-electron chi connectivity index (χ0n) is 19.9. The minimum Gasteiger partial charge on any atom is -0.497 e. The molecule has 0 aliphatic heterocycles. The number of nitrogens with one attached hydrogen (secondary N) is 1. The van der Waals surface area contributed by atoms with Crippen molar-refractivity contribution in [3.63, 3.8) is 0 Å². The molecule has 4 rings (SSSR count). The Morgan fingerprint density at radius 2 is 1.69 bits per heavy atom. The van der Waals surface area contributed by atoms with E-state index in [0.29, 0.717) is 34.8 Å². The lowest BCUT2D eigenvalue weighted by atomic mass is 10.1. The van der Waals surface area contributed by atoms with Gasteiger partial charge in [-0.25, -0.2) is 10.2 Å². The fourth-order valence-corrected chi connectivity index (χ4v) is 3.43. The number of fused-ring (bicyclic) bond motifs is 1. The van der Waals surface area contributed by atoms with E-state index in [1.807, 2.05) is 24.3 Å². The standard InChI is InChI=1S/C27H24N2O7/c1-32-20-10-7-17(8-11-20)16-35-22-12-9-18(13-24(22)34-3)15-28-29-26(30)21-14-19-5-4-6-23(33-2)25(19)36-27(21)31/h4-15H,16H2,1-3H3,(H,29,30). The van der Waals surface area contributed by atoms with E-state index < -0.39 is 11.5 Å². The molecule has 1 amide bonds. The molecular formula is C27H24N2O7. The van der Waals surface area contributed by atoms with Crippen molar-refractivity contribution >= 4 is 23.1 Å². The molecular weight excluding hydrogens is 464 g/mol. The summed E-state index contributed by atoms with van der Waals surface area (Å²) >= 11 is 0. The van der Waals surface area contributed by atoms with Crippen LogP contribution in [0.3, 0.4) is 0 Å². The summed E-state index contributed by atoms with van der Waals surface area (Å²) < 4.78 is 26.9. The number of hydrazone groups is 1. The number of para-hydroxylation sites is 1. The Morgan fingerprint density at radius 1 is 0.917 bits per heavy atom. The number of benzene rings is 3. The van der Waals surface area contributed by atoms with Gasteiger partial charge in [0.1, 0.15) is 17.9 Å². The third-order valence-electron chi connectivity index (χ3n) is 5.31. The second-order valence-corrected chi connectivity index (χ2v) is 7.57. The van der Waals surface area contributed by atoms with Crippen LogP contribution in [0.15, 0.2) is 81.0 Å². The maximum absolute atomic E-state index is 12.5. The van der Waals surface area contributed by atoms with Crippen LogP contribution in [0.1, 0.15) is 21.5 Å². The molecule has 0 saturated carbocycles. The van der Waals surface area contributed by atoms with Crippen molar-refractivity contribution in [1.29, 1.82) is 0 Å². The SMILES string of the molecule is COc1ccc(COc2ccc(C=NNC(=O)c3cc4cccc(OC)c4oc3=O)cc2OC)cc1. The van der Waals surface area contributed by atoms with E-state index >= 15 is 0 Å². The zero-order chi connectivity index (χ0) is 25.5. The smallest absolute Gasteiger partial charge is 0.349 e. The van der Waals surface area contributed by atoms with Gasteiger partial charge in [0.15, 0.2) is 22.8 Å². The molecule has 3 aromatic carbocycles. The van der Waals surface area contributed by atoms with Crippen LogP contribution in [0.4, 0.5) is 0 Å². The first-order valence-corrected chi connectivity index (χ1v) is 10.9. The van der Waals surface area contributed by atoms with Crippen LogP contribution >= 0.6 is 0 Å². The molecule has 4 aromatic rings. The lowest BCUT2D eigenvalue weighted by molar-refractivity contribution is 0.0951. The molecule has 1 N–H and O–H groups in total. The van der Waals surface area contributed by atoms with E-state index in [1.54, 1.807) is 43.5 Å². The molecule has 0 atom stereocenters. The Balaban J connectivity index is 1.43. The maximum Gasteiger partial charge on any atom is 0.349 e. The number of methoxy groups -OCH3 is 3. The molecule has 0 unspecified atom stereocenters. The number of hydrogen-bond donors (Lipinski definition) is 1. The molecule has 9 nitrogen and oxygen atoms in total. The van der Waals surface area contributed by atoms with Crippen LogP contribution in [-0.2, 0) is 6.61 Å². The van der Waals surface area contributed by atoms with Gasteiger partial charge in [0.2, 0.25) is 0 Å². The Labute approximate surface area is 206 Å². The summed E-state index contributed by atoms with van der Waals surface area (Å²) in [6.45, 7) is 0.351. The van der Waals surface area contributed by atoms with Gasteiger partial charge in [0.05, 0.1) is 27.5 Å². The van der Waals surface area contributed by atoms with E-state index in [1.165, 1.54) is 26.5 Å². The lowest BCUT2D eigenvalue weighted by Gasteiger charge is -2.11. The molecule has 0 aliphatic rings. The van der Waals surface area contributed by atoms with E-state index in [2.05, 4.69) is 10.5 Å². The predicted octanol–water partition coefficient (Wildman–Crippen LogP) is 4.16. The van der Waals surface area contributed by atoms with Gasteiger partial charge in [-0.15, -0.1) is 0 Å². The highest BCUT2D eigenvalue weighted by molar-refractivity contribution is 5.97. The summed E-state index contributed by atoms with van der Waals surface area (Å²) in [7, 11) is 4.62. The summed E-state index contributed by atoms with van der Waals surface area (Å²) in [6.07, 6.45) is 1.43. The summed E-state index contributed by atoms with van der Waals surface area (Å²) in [5.41, 5.74) is 3.28. The van der Waals surface area contributed by atoms with Crippen molar-refractivity contribution in [1.82, 2.24) is 5.43 Å². The first-order chi connectivity index (χ1) is 17.5. The number of amides is 1.